The predicted molar refractivity (Wildman–Crippen MR) is 68.8 cm³/mol. The summed E-state index contributed by atoms with van der Waals surface area (Å²) in [6.45, 7) is 9.34. The van der Waals surface area contributed by atoms with E-state index in [1.807, 2.05) is 4.90 Å². The van der Waals surface area contributed by atoms with Crippen LogP contribution < -0.4 is 5.32 Å². The third-order valence-electron chi connectivity index (χ3n) is 3.76. The molecule has 0 radical (unpaired) electrons. The summed E-state index contributed by atoms with van der Waals surface area (Å²) in [6.07, 6.45) is 2.41. The molecule has 2 N–H and O–H groups in total. The van der Waals surface area contributed by atoms with Crippen LogP contribution in [0.3, 0.4) is 0 Å². The minimum absolute atomic E-state index is 0.0538. The maximum atomic E-state index is 12.5. The van der Waals surface area contributed by atoms with Gasteiger partial charge in [-0.25, -0.2) is 0 Å². The number of aliphatic hydroxyl groups is 1. The molecule has 0 aromatic heterocycles. The van der Waals surface area contributed by atoms with Gasteiger partial charge in [0.15, 0.2) is 0 Å². The highest BCUT2D eigenvalue weighted by molar-refractivity contribution is 5.83. The number of nitrogens with zero attached hydrogens (tertiary/aromatic N) is 1. The van der Waals surface area contributed by atoms with Crippen molar-refractivity contribution in [2.24, 2.45) is 0 Å². The topological polar surface area (TPSA) is 52.6 Å². The highest BCUT2D eigenvalue weighted by Gasteiger charge is 2.39. The van der Waals surface area contributed by atoms with Crippen molar-refractivity contribution in [2.75, 3.05) is 13.2 Å². The molecule has 1 aliphatic rings. The lowest BCUT2D eigenvalue weighted by atomic mass is 9.95. The molecule has 2 atom stereocenters. The quantitative estimate of drug-likeness (QED) is 0.777. The molecule has 0 aromatic carbocycles. The molecule has 0 bridgehead atoms. The highest BCUT2D eigenvalue weighted by Crippen LogP contribution is 2.26. The minimum Gasteiger partial charge on any atom is -0.396 e. The van der Waals surface area contributed by atoms with Crippen molar-refractivity contribution in [3.63, 3.8) is 0 Å². The van der Waals surface area contributed by atoms with Gasteiger partial charge in [0.2, 0.25) is 5.91 Å². The Balaban J connectivity index is 2.94. The van der Waals surface area contributed by atoms with Crippen LogP contribution in [0.15, 0.2) is 0 Å². The Hall–Kier alpha value is -0.610. The fourth-order valence-corrected chi connectivity index (χ4v) is 2.58. The summed E-state index contributed by atoms with van der Waals surface area (Å²) in [7, 11) is 0. The van der Waals surface area contributed by atoms with Gasteiger partial charge in [-0.1, -0.05) is 6.92 Å². The number of rotatable bonds is 4. The van der Waals surface area contributed by atoms with Crippen molar-refractivity contribution in [2.45, 2.75) is 64.6 Å². The zero-order valence-electron chi connectivity index (χ0n) is 11.5. The first-order chi connectivity index (χ1) is 7.94. The van der Waals surface area contributed by atoms with E-state index in [4.69, 9.17) is 5.11 Å². The van der Waals surface area contributed by atoms with E-state index in [-0.39, 0.29) is 30.1 Å². The van der Waals surface area contributed by atoms with Gasteiger partial charge in [-0.2, -0.15) is 0 Å². The number of hydrogen-bond donors (Lipinski definition) is 2. The Kier molecular flexibility index (Phi) is 4.95. The smallest absolute Gasteiger partial charge is 0.240 e. The van der Waals surface area contributed by atoms with Crippen LogP contribution in [0.25, 0.3) is 0 Å². The molecule has 17 heavy (non-hydrogen) atoms. The second-order valence-corrected chi connectivity index (χ2v) is 5.55. The van der Waals surface area contributed by atoms with Gasteiger partial charge < -0.3 is 15.3 Å². The number of hydrogen-bond acceptors (Lipinski definition) is 3. The summed E-state index contributed by atoms with van der Waals surface area (Å²) in [5, 5.41) is 12.3. The molecule has 2 unspecified atom stereocenters. The van der Waals surface area contributed by atoms with Crippen molar-refractivity contribution in [1.29, 1.82) is 0 Å². The van der Waals surface area contributed by atoms with Gasteiger partial charge in [-0.15, -0.1) is 0 Å². The maximum absolute atomic E-state index is 12.5. The van der Waals surface area contributed by atoms with E-state index in [2.05, 4.69) is 33.0 Å². The molecule has 1 fully saturated rings. The van der Waals surface area contributed by atoms with Gasteiger partial charge in [-0.3, -0.25) is 4.79 Å². The lowest BCUT2D eigenvalue weighted by Gasteiger charge is -2.42. The van der Waals surface area contributed by atoms with Gasteiger partial charge in [0, 0.05) is 18.2 Å². The van der Waals surface area contributed by atoms with E-state index in [9.17, 15) is 4.79 Å². The van der Waals surface area contributed by atoms with Crippen LogP contribution in [0.1, 0.15) is 47.0 Å². The lowest BCUT2D eigenvalue weighted by Crippen LogP contribution is -2.55. The van der Waals surface area contributed by atoms with Crippen LogP contribution in [0, 0.1) is 0 Å². The molecule has 0 aromatic rings. The summed E-state index contributed by atoms with van der Waals surface area (Å²) < 4.78 is 0. The molecule has 1 aliphatic heterocycles. The maximum Gasteiger partial charge on any atom is 0.240 e. The Morgan fingerprint density at radius 3 is 2.76 bits per heavy atom. The summed E-state index contributed by atoms with van der Waals surface area (Å²) in [4.78, 5) is 14.5. The van der Waals surface area contributed by atoms with Gasteiger partial charge in [0.1, 0.15) is 0 Å². The van der Waals surface area contributed by atoms with E-state index < -0.39 is 0 Å². The minimum atomic E-state index is -0.226. The number of carbonyl (C=O) groups is 1. The van der Waals surface area contributed by atoms with Gasteiger partial charge in [0.25, 0.3) is 0 Å². The third kappa shape index (κ3) is 3.19. The van der Waals surface area contributed by atoms with E-state index >= 15 is 0 Å². The summed E-state index contributed by atoms with van der Waals surface area (Å²) >= 11 is 0. The first-order valence-electron chi connectivity index (χ1n) is 6.61. The molecular weight excluding hydrogens is 216 g/mol. The lowest BCUT2D eigenvalue weighted by molar-refractivity contribution is -0.140. The molecule has 1 saturated heterocycles. The average Bonchev–Trinajstić information content (AvgIpc) is 2.36. The molecule has 1 heterocycles. The second-order valence-electron chi connectivity index (χ2n) is 5.55. The fourth-order valence-electron chi connectivity index (χ4n) is 2.58. The average molecular weight is 242 g/mol. The van der Waals surface area contributed by atoms with E-state index in [1.54, 1.807) is 0 Å². The molecule has 4 heteroatoms. The predicted octanol–water partition coefficient (Wildman–Crippen LogP) is 1.14. The normalized spacial score (nSPS) is 26.8. The van der Waals surface area contributed by atoms with E-state index in [0.717, 1.165) is 19.4 Å². The van der Waals surface area contributed by atoms with Crippen molar-refractivity contribution in [3.8, 4) is 0 Å². The van der Waals surface area contributed by atoms with Gasteiger partial charge >= 0.3 is 0 Å². The largest absolute Gasteiger partial charge is 0.396 e. The molecule has 0 spiro atoms. The number of nitrogens with one attached hydrogen (secondary N) is 1. The summed E-state index contributed by atoms with van der Waals surface area (Å²) in [5.41, 5.74) is -0.107. The highest BCUT2D eigenvalue weighted by atomic mass is 16.3. The van der Waals surface area contributed by atoms with E-state index in [1.165, 1.54) is 0 Å². The monoisotopic (exact) mass is 242 g/mol. The summed E-state index contributed by atoms with van der Waals surface area (Å²) in [6, 6.07) is 0.0226. The molecule has 1 rings (SSSR count). The van der Waals surface area contributed by atoms with Crippen molar-refractivity contribution >= 4 is 5.91 Å². The number of amides is 1. The SMILES string of the molecule is CCC(C)N1C(=O)C(CCO)NCCC1(C)C. The Labute approximate surface area is 104 Å². The molecule has 4 nitrogen and oxygen atoms in total. The molecule has 0 saturated carbocycles. The van der Waals surface area contributed by atoms with Crippen LogP contribution in [0.2, 0.25) is 0 Å². The first-order valence-corrected chi connectivity index (χ1v) is 6.61. The first kappa shape index (κ1) is 14.5. The van der Waals surface area contributed by atoms with Crippen molar-refractivity contribution in [1.82, 2.24) is 10.2 Å². The Morgan fingerprint density at radius 1 is 1.59 bits per heavy atom. The number of carbonyl (C=O) groups excluding carboxylic acids is 1. The molecule has 1 amide bonds. The fraction of sp³-hybridized carbons (Fsp3) is 0.923. The molecular formula is C13H26N2O2. The van der Waals surface area contributed by atoms with Crippen LogP contribution in [-0.4, -0.2) is 46.7 Å². The third-order valence-corrected chi connectivity index (χ3v) is 3.76. The van der Waals surface area contributed by atoms with Gasteiger partial charge in [-0.05, 0) is 46.6 Å². The van der Waals surface area contributed by atoms with Gasteiger partial charge in [0.05, 0.1) is 6.04 Å². The van der Waals surface area contributed by atoms with Crippen LogP contribution in [0.5, 0.6) is 0 Å². The zero-order chi connectivity index (χ0) is 13.1. The molecule has 100 valence electrons. The van der Waals surface area contributed by atoms with E-state index in [0.29, 0.717) is 6.42 Å². The summed E-state index contributed by atoms with van der Waals surface area (Å²) in [5.74, 6) is 0.135. The van der Waals surface area contributed by atoms with Crippen LogP contribution in [0.4, 0.5) is 0 Å². The van der Waals surface area contributed by atoms with Crippen molar-refractivity contribution < 1.29 is 9.90 Å². The van der Waals surface area contributed by atoms with Crippen molar-refractivity contribution in [3.05, 3.63) is 0 Å². The second kappa shape index (κ2) is 5.83. The standard InChI is InChI=1S/C13H26N2O2/c1-5-10(2)15-12(17)11(6-9-16)14-8-7-13(15,3)4/h10-11,14,16H,5-9H2,1-4H3. The zero-order valence-corrected chi connectivity index (χ0v) is 11.5. The van der Waals surface area contributed by atoms with Crippen LogP contribution >= 0.6 is 0 Å². The molecule has 0 aliphatic carbocycles. The van der Waals surface area contributed by atoms with Crippen LogP contribution in [-0.2, 0) is 4.79 Å². The Bertz CT molecular complexity index is 266. The number of aliphatic hydroxyl groups excluding tert-OH is 1. The Morgan fingerprint density at radius 2 is 2.24 bits per heavy atom.